The number of benzene rings is 2. The number of hydrazone groups is 1. The van der Waals surface area contributed by atoms with Gasteiger partial charge in [0.2, 0.25) is 0 Å². The summed E-state index contributed by atoms with van der Waals surface area (Å²) in [6, 6.07) is 7.93. The molecule has 0 saturated heterocycles. The smallest absolute Gasteiger partial charge is 0.267 e. The number of nitrogens with zero attached hydrogens (tertiary/aromatic N) is 2. The van der Waals surface area contributed by atoms with Gasteiger partial charge in [-0.2, -0.15) is 5.10 Å². The molecule has 8 heteroatoms. The average molecular weight is 319 g/mol. The summed E-state index contributed by atoms with van der Waals surface area (Å²) in [5.74, 6) is -2.02. The molecule has 1 N–H and O–H groups in total. The van der Waals surface area contributed by atoms with E-state index in [4.69, 9.17) is 0 Å². The highest BCUT2D eigenvalue weighted by atomic mass is 19.1. The lowest BCUT2D eigenvalue weighted by Crippen LogP contribution is -2.19. The molecule has 0 aliphatic carbocycles. The molecule has 0 aliphatic heterocycles. The van der Waals surface area contributed by atoms with Gasteiger partial charge in [-0.1, -0.05) is 6.07 Å². The maximum Gasteiger partial charge on any atom is 0.271 e. The zero-order valence-corrected chi connectivity index (χ0v) is 11.9. The van der Waals surface area contributed by atoms with Crippen LogP contribution in [-0.4, -0.2) is 16.5 Å². The lowest BCUT2D eigenvalue weighted by Gasteiger charge is -2.04. The molecule has 2 aromatic rings. The van der Waals surface area contributed by atoms with Crippen molar-refractivity contribution in [2.24, 2.45) is 5.10 Å². The standard InChI is InChI=1S/C15H11F2N3O3/c1-9(13-8-11(16)5-6-14(13)17)18-19-15(21)10-3-2-4-12(7-10)20(22)23/h2-8H,1H3,(H,19,21)/b18-9-. The number of nitro benzene ring substituents is 1. The number of carbonyl (C=O) groups is 1. The summed E-state index contributed by atoms with van der Waals surface area (Å²) in [7, 11) is 0. The fourth-order valence-electron chi connectivity index (χ4n) is 1.79. The van der Waals surface area contributed by atoms with Crippen molar-refractivity contribution >= 4 is 17.3 Å². The minimum absolute atomic E-state index is 0.0236. The van der Waals surface area contributed by atoms with Crippen LogP contribution in [0.1, 0.15) is 22.8 Å². The van der Waals surface area contributed by atoms with Crippen molar-refractivity contribution in [3.05, 3.63) is 75.3 Å². The molecule has 2 rings (SSSR count). The van der Waals surface area contributed by atoms with Crippen molar-refractivity contribution < 1.29 is 18.5 Å². The van der Waals surface area contributed by atoms with E-state index < -0.39 is 22.5 Å². The van der Waals surface area contributed by atoms with Crippen LogP contribution in [0.25, 0.3) is 0 Å². The molecule has 6 nitrogen and oxygen atoms in total. The summed E-state index contributed by atoms with van der Waals surface area (Å²) in [6.07, 6.45) is 0. The number of amides is 1. The maximum absolute atomic E-state index is 13.6. The van der Waals surface area contributed by atoms with Crippen LogP contribution in [0.5, 0.6) is 0 Å². The number of carbonyl (C=O) groups excluding carboxylic acids is 1. The summed E-state index contributed by atoms with van der Waals surface area (Å²) in [5.41, 5.74) is 1.89. The largest absolute Gasteiger partial charge is 0.271 e. The molecule has 0 unspecified atom stereocenters. The van der Waals surface area contributed by atoms with Crippen molar-refractivity contribution in [1.29, 1.82) is 0 Å². The van der Waals surface area contributed by atoms with Crippen LogP contribution in [0.15, 0.2) is 47.6 Å². The van der Waals surface area contributed by atoms with E-state index in [-0.39, 0.29) is 22.5 Å². The number of halogens is 2. The minimum atomic E-state index is -0.704. The van der Waals surface area contributed by atoms with E-state index in [0.29, 0.717) is 0 Å². The lowest BCUT2D eigenvalue weighted by atomic mass is 10.1. The van der Waals surface area contributed by atoms with Gasteiger partial charge in [-0.25, -0.2) is 14.2 Å². The fourth-order valence-corrected chi connectivity index (χ4v) is 1.79. The van der Waals surface area contributed by atoms with Crippen molar-refractivity contribution in [2.45, 2.75) is 6.92 Å². The molecule has 0 spiro atoms. The first-order valence-corrected chi connectivity index (χ1v) is 6.43. The van der Waals surface area contributed by atoms with E-state index in [2.05, 4.69) is 10.5 Å². The first kappa shape index (κ1) is 16.2. The normalized spacial score (nSPS) is 11.2. The fraction of sp³-hybridized carbons (Fsp3) is 0.0667. The Bertz CT molecular complexity index is 806. The lowest BCUT2D eigenvalue weighted by molar-refractivity contribution is -0.384. The zero-order chi connectivity index (χ0) is 17.0. The summed E-state index contributed by atoms with van der Waals surface area (Å²) in [5, 5.41) is 14.4. The molecule has 0 heterocycles. The molecule has 0 bridgehead atoms. The summed E-state index contributed by atoms with van der Waals surface area (Å²) >= 11 is 0. The van der Waals surface area contributed by atoms with Gasteiger partial charge in [-0.3, -0.25) is 14.9 Å². The number of hydrogen-bond acceptors (Lipinski definition) is 4. The predicted molar refractivity (Wildman–Crippen MR) is 79.1 cm³/mol. The average Bonchev–Trinajstić information content (AvgIpc) is 2.54. The zero-order valence-electron chi connectivity index (χ0n) is 11.9. The molecule has 0 aromatic heterocycles. The highest BCUT2D eigenvalue weighted by molar-refractivity contribution is 6.01. The molecular weight excluding hydrogens is 308 g/mol. The van der Waals surface area contributed by atoms with E-state index in [1.54, 1.807) is 0 Å². The highest BCUT2D eigenvalue weighted by Crippen LogP contribution is 2.13. The van der Waals surface area contributed by atoms with Gasteiger partial charge >= 0.3 is 0 Å². The Morgan fingerprint density at radius 2 is 1.96 bits per heavy atom. The predicted octanol–water partition coefficient (Wildman–Crippen LogP) is 3.03. The molecule has 0 atom stereocenters. The third kappa shape index (κ3) is 3.94. The maximum atomic E-state index is 13.6. The molecule has 0 saturated carbocycles. The van der Waals surface area contributed by atoms with Gasteiger partial charge in [0.25, 0.3) is 11.6 Å². The van der Waals surface area contributed by atoms with E-state index in [0.717, 1.165) is 24.3 Å². The van der Waals surface area contributed by atoms with Gasteiger partial charge in [-0.05, 0) is 31.2 Å². The Hall–Kier alpha value is -3.16. The van der Waals surface area contributed by atoms with Gasteiger partial charge in [-0.15, -0.1) is 0 Å². The van der Waals surface area contributed by atoms with Crippen LogP contribution in [-0.2, 0) is 0 Å². The molecule has 0 aliphatic rings. The van der Waals surface area contributed by atoms with E-state index in [1.807, 2.05) is 0 Å². The Labute approximate surface area is 129 Å². The Balaban J connectivity index is 2.18. The van der Waals surface area contributed by atoms with Crippen LogP contribution in [0.3, 0.4) is 0 Å². The molecule has 23 heavy (non-hydrogen) atoms. The van der Waals surface area contributed by atoms with Crippen LogP contribution >= 0.6 is 0 Å². The van der Waals surface area contributed by atoms with Crippen LogP contribution in [0.4, 0.5) is 14.5 Å². The number of non-ortho nitro benzene ring substituents is 1. The summed E-state index contributed by atoms with van der Waals surface area (Å²) in [4.78, 5) is 21.9. The Morgan fingerprint density at radius 1 is 1.22 bits per heavy atom. The van der Waals surface area contributed by atoms with E-state index in [9.17, 15) is 23.7 Å². The van der Waals surface area contributed by atoms with Crippen molar-refractivity contribution in [3.8, 4) is 0 Å². The van der Waals surface area contributed by atoms with Crippen molar-refractivity contribution in [2.75, 3.05) is 0 Å². The molecule has 118 valence electrons. The third-order valence-corrected chi connectivity index (χ3v) is 2.96. The number of hydrogen-bond donors (Lipinski definition) is 1. The van der Waals surface area contributed by atoms with Gasteiger partial charge < -0.3 is 0 Å². The topological polar surface area (TPSA) is 84.6 Å². The van der Waals surface area contributed by atoms with Gasteiger partial charge in [0, 0.05) is 23.3 Å². The van der Waals surface area contributed by atoms with E-state index in [1.165, 1.54) is 25.1 Å². The first-order valence-electron chi connectivity index (χ1n) is 6.43. The second-order valence-corrected chi connectivity index (χ2v) is 4.57. The molecule has 0 radical (unpaired) electrons. The van der Waals surface area contributed by atoms with Crippen LogP contribution in [0, 0.1) is 21.7 Å². The molecule has 0 fully saturated rings. The van der Waals surface area contributed by atoms with Crippen molar-refractivity contribution in [1.82, 2.24) is 5.43 Å². The third-order valence-electron chi connectivity index (χ3n) is 2.96. The second-order valence-electron chi connectivity index (χ2n) is 4.57. The van der Waals surface area contributed by atoms with Gasteiger partial charge in [0.1, 0.15) is 11.6 Å². The quantitative estimate of drug-likeness (QED) is 0.534. The van der Waals surface area contributed by atoms with Crippen LogP contribution in [0.2, 0.25) is 0 Å². The van der Waals surface area contributed by atoms with Gasteiger partial charge in [0.05, 0.1) is 10.6 Å². The van der Waals surface area contributed by atoms with Crippen LogP contribution < -0.4 is 5.43 Å². The second kappa shape index (κ2) is 6.73. The van der Waals surface area contributed by atoms with Crippen molar-refractivity contribution in [3.63, 3.8) is 0 Å². The Morgan fingerprint density at radius 3 is 2.65 bits per heavy atom. The highest BCUT2D eigenvalue weighted by Gasteiger charge is 2.12. The molecule has 2 aromatic carbocycles. The number of nitro groups is 1. The summed E-state index contributed by atoms with van der Waals surface area (Å²) < 4.78 is 26.7. The number of rotatable bonds is 4. The minimum Gasteiger partial charge on any atom is -0.267 e. The number of nitrogens with one attached hydrogen (secondary N) is 1. The molecular formula is C15H11F2N3O3. The van der Waals surface area contributed by atoms with E-state index >= 15 is 0 Å². The van der Waals surface area contributed by atoms with Gasteiger partial charge in [0.15, 0.2) is 0 Å². The molecule has 1 amide bonds. The SMILES string of the molecule is C/C(=N/NC(=O)c1cccc([N+](=O)[O-])c1)c1cc(F)ccc1F. The first-order chi connectivity index (χ1) is 10.9. The Kier molecular flexibility index (Phi) is 4.75. The monoisotopic (exact) mass is 319 g/mol. The summed E-state index contributed by atoms with van der Waals surface area (Å²) in [6.45, 7) is 1.39.